The summed E-state index contributed by atoms with van der Waals surface area (Å²) in [7, 11) is -3.91. The lowest BCUT2D eigenvalue weighted by Crippen LogP contribution is -2.40. The summed E-state index contributed by atoms with van der Waals surface area (Å²) in [5, 5.41) is 11.4. The highest BCUT2D eigenvalue weighted by Gasteiger charge is 2.29. The molecular weight excluding hydrogens is 402 g/mol. The molecule has 11 heteroatoms. The van der Waals surface area contributed by atoms with Gasteiger partial charge in [0.05, 0.1) is 27.9 Å². The molecule has 2 aromatic carbocycles. The van der Waals surface area contributed by atoms with Crippen molar-refractivity contribution < 1.29 is 26.9 Å². The lowest BCUT2D eigenvalue weighted by Gasteiger charge is -2.26. The molecular formula is C16H14F2N2O5S2. The number of nitro groups is 1. The number of nitrogens with zero attached hydrogens (tertiary/aromatic N) is 2. The molecule has 1 aliphatic rings. The van der Waals surface area contributed by atoms with Gasteiger partial charge in [0.25, 0.3) is 5.69 Å². The van der Waals surface area contributed by atoms with E-state index in [1.165, 1.54) is 16.4 Å². The molecule has 7 nitrogen and oxygen atoms in total. The summed E-state index contributed by atoms with van der Waals surface area (Å²) in [6.07, 6.45) is 0. The van der Waals surface area contributed by atoms with Crippen LogP contribution in [0.25, 0.3) is 0 Å². The number of morpholine rings is 1. The number of benzene rings is 2. The van der Waals surface area contributed by atoms with Gasteiger partial charge in [-0.25, -0.2) is 17.2 Å². The molecule has 0 spiro atoms. The second kappa shape index (κ2) is 7.89. The third-order valence-corrected chi connectivity index (χ3v) is 6.86. The summed E-state index contributed by atoms with van der Waals surface area (Å²) >= 11 is 0.721. The van der Waals surface area contributed by atoms with E-state index in [2.05, 4.69) is 0 Å². The van der Waals surface area contributed by atoms with Gasteiger partial charge in [-0.2, -0.15) is 4.31 Å². The van der Waals surface area contributed by atoms with E-state index in [0.29, 0.717) is 6.07 Å². The van der Waals surface area contributed by atoms with E-state index in [4.69, 9.17) is 4.74 Å². The van der Waals surface area contributed by atoms with Crippen LogP contribution < -0.4 is 0 Å². The van der Waals surface area contributed by atoms with Crippen LogP contribution >= 0.6 is 11.8 Å². The van der Waals surface area contributed by atoms with Crippen molar-refractivity contribution in [1.29, 1.82) is 0 Å². The Kier molecular flexibility index (Phi) is 5.75. The van der Waals surface area contributed by atoms with Gasteiger partial charge in [0.15, 0.2) is 0 Å². The highest BCUT2D eigenvalue weighted by Crippen LogP contribution is 2.37. The molecule has 3 rings (SSSR count). The molecule has 144 valence electrons. The van der Waals surface area contributed by atoms with Crippen molar-refractivity contribution in [1.82, 2.24) is 4.31 Å². The standard InChI is InChI=1S/C16H14F2N2O5S2/c17-11-1-3-15(13(18)9-11)26-16-4-2-12(10-14(16)20(21)22)27(23,24)19-5-7-25-8-6-19/h1-4,9-10H,5-8H2. The zero-order valence-corrected chi connectivity index (χ0v) is 15.4. The molecule has 0 unspecified atom stereocenters. The molecule has 1 aliphatic heterocycles. The van der Waals surface area contributed by atoms with E-state index in [-0.39, 0.29) is 41.0 Å². The molecule has 27 heavy (non-hydrogen) atoms. The number of hydrogen-bond donors (Lipinski definition) is 0. The maximum atomic E-state index is 13.8. The van der Waals surface area contributed by atoms with Crippen molar-refractivity contribution >= 4 is 27.5 Å². The first-order valence-corrected chi connectivity index (χ1v) is 10.0. The van der Waals surface area contributed by atoms with Gasteiger partial charge in [-0.1, -0.05) is 11.8 Å². The predicted octanol–water partition coefficient (Wildman–Crippen LogP) is 3.05. The number of sulfonamides is 1. The second-order valence-corrected chi connectivity index (χ2v) is 8.60. The second-order valence-electron chi connectivity index (χ2n) is 5.58. The number of nitro benzene ring substituents is 1. The molecule has 0 bridgehead atoms. The summed E-state index contributed by atoms with van der Waals surface area (Å²) in [6.45, 7) is 0.819. The van der Waals surface area contributed by atoms with Crippen LogP contribution in [0, 0.1) is 21.7 Å². The molecule has 1 heterocycles. The van der Waals surface area contributed by atoms with Crippen LogP contribution in [0.15, 0.2) is 51.1 Å². The molecule has 1 saturated heterocycles. The van der Waals surface area contributed by atoms with E-state index in [1.54, 1.807) is 0 Å². The van der Waals surface area contributed by atoms with E-state index in [0.717, 1.165) is 30.0 Å². The average molecular weight is 416 g/mol. The topological polar surface area (TPSA) is 89.8 Å². The van der Waals surface area contributed by atoms with Gasteiger partial charge < -0.3 is 4.74 Å². The van der Waals surface area contributed by atoms with Crippen LogP contribution in [0.3, 0.4) is 0 Å². The van der Waals surface area contributed by atoms with Crippen LogP contribution in [0.2, 0.25) is 0 Å². The lowest BCUT2D eigenvalue weighted by atomic mass is 10.3. The maximum absolute atomic E-state index is 13.8. The fourth-order valence-electron chi connectivity index (χ4n) is 2.50. The third-order valence-electron chi connectivity index (χ3n) is 3.85. The van der Waals surface area contributed by atoms with Crippen LogP contribution in [0.5, 0.6) is 0 Å². The number of halogens is 2. The Morgan fingerprint density at radius 1 is 1.07 bits per heavy atom. The van der Waals surface area contributed by atoms with E-state index < -0.39 is 32.3 Å². The summed E-state index contributed by atoms with van der Waals surface area (Å²) in [6, 6.07) is 6.31. The molecule has 0 radical (unpaired) electrons. The number of rotatable bonds is 5. The summed E-state index contributed by atoms with van der Waals surface area (Å²) in [5.41, 5.74) is -0.474. The van der Waals surface area contributed by atoms with Gasteiger partial charge in [-0.15, -0.1) is 0 Å². The SMILES string of the molecule is O=[N+]([O-])c1cc(S(=O)(=O)N2CCOCC2)ccc1Sc1ccc(F)cc1F. The van der Waals surface area contributed by atoms with Crippen LogP contribution in [-0.2, 0) is 14.8 Å². The first-order chi connectivity index (χ1) is 12.8. The van der Waals surface area contributed by atoms with Gasteiger partial charge in [0, 0.05) is 30.1 Å². The first-order valence-electron chi connectivity index (χ1n) is 7.78. The Hall–Kier alpha value is -2.08. The van der Waals surface area contributed by atoms with Gasteiger partial charge in [0.1, 0.15) is 11.6 Å². The van der Waals surface area contributed by atoms with Crippen molar-refractivity contribution in [2.75, 3.05) is 26.3 Å². The smallest absolute Gasteiger partial charge is 0.284 e. The summed E-state index contributed by atoms with van der Waals surface area (Å²) in [5.74, 6) is -1.63. The molecule has 0 amide bonds. The van der Waals surface area contributed by atoms with Crippen LogP contribution in [0.4, 0.5) is 14.5 Å². The number of hydrogen-bond acceptors (Lipinski definition) is 6. The Balaban J connectivity index is 1.96. The minimum absolute atomic E-state index is 0.0108. The van der Waals surface area contributed by atoms with Crippen molar-refractivity contribution in [3.05, 3.63) is 58.1 Å². The highest BCUT2D eigenvalue weighted by atomic mass is 32.2. The minimum Gasteiger partial charge on any atom is -0.379 e. The Morgan fingerprint density at radius 3 is 2.37 bits per heavy atom. The molecule has 0 aromatic heterocycles. The molecule has 2 aromatic rings. The Bertz CT molecular complexity index is 979. The fourth-order valence-corrected chi connectivity index (χ4v) is 4.83. The minimum atomic E-state index is -3.91. The zero-order chi connectivity index (χ0) is 19.6. The van der Waals surface area contributed by atoms with Gasteiger partial charge in [0.2, 0.25) is 10.0 Å². The number of ether oxygens (including phenoxy) is 1. The average Bonchev–Trinajstić information content (AvgIpc) is 2.64. The van der Waals surface area contributed by atoms with Crippen molar-refractivity contribution in [3.63, 3.8) is 0 Å². The normalized spacial score (nSPS) is 15.6. The fraction of sp³-hybridized carbons (Fsp3) is 0.250. The Labute approximate surface area is 158 Å². The lowest BCUT2D eigenvalue weighted by molar-refractivity contribution is -0.388. The van der Waals surface area contributed by atoms with E-state index in [9.17, 15) is 27.3 Å². The van der Waals surface area contributed by atoms with Crippen molar-refractivity contribution in [3.8, 4) is 0 Å². The predicted molar refractivity (Wildman–Crippen MR) is 93.2 cm³/mol. The summed E-state index contributed by atoms with van der Waals surface area (Å²) in [4.78, 5) is 10.5. The monoisotopic (exact) mass is 416 g/mol. The van der Waals surface area contributed by atoms with Crippen molar-refractivity contribution in [2.45, 2.75) is 14.7 Å². The van der Waals surface area contributed by atoms with Gasteiger partial charge in [-0.05, 0) is 24.3 Å². The quantitative estimate of drug-likeness (QED) is 0.550. The van der Waals surface area contributed by atoms with Crippen LogP contribution in [0.1, 0.15) is 0 Å². The van der Waals surface area contributed by atoms with Crippen molar-refractivity contribution in [2.24, 2.45) is 0 Å². The van der Waals surface area contributed by atoms with Gasteiger partial charge in [-0.3, -0.25) is 10.1 Å². The molecule has 1 fully saturated rings. The molecule has 0 N–H and O–H groups in total. The largest absolute Gasteiger partial charge is 0.379 e. The van der Waals surface area contributed by atoms with E-state index in [1.807, 2.05) is 0 Å². The molecule has 0 saturated carbocycles. The molecule has 0 aliphatic carbocycles. The molecule has 0 atom stereocenters. The third kappa shape index (κ3) is 4.26. The Morgan fingerprint density at radius 2 is 1.74 bits per heavy atom. The summed E-state index contributed by atoms with van der Waals surface area (Å²) < 4.78 is 58.5. The van der Waals surface area contributed by atoms with Gasteiger partial charge >= 0.3 is 0 Å². The van der Waals surface area contributed by atoms with E-state index >= 15 is 0 Å². The first kappa shape index (κ1) is 19.7. The highest BCUT2D eigenvalue weighted by molar-refractivity contribution is 7.99. The van der Waals surface area contributed by atoms with Crippen LogP contribution in [-0.4, -0.2) is 43.9 Å². The maximum Gasteiger partial charge on any atom is 0.284 e. The zero-order valence-electron chi connectivity index (χ0n) is 13.8.